The van der Waals surface area contributed by atoms with Crippen molar-refractivity contribution in [2.24, 2.45) is 0 Å². The van der Waals surface area contributed by atoms with Crippen LogP contribution in [0.15, 0.2) is 36.4 Å². The molecule has 2 amide bonds. The molecule has 7 heteroatoms. The molecule has 2 N–H and O–H groups in total. The molecule has 0 radical (unpaired) electrons. The average molecular weight is 369 g/mol. The second kappa shape index (κ2) is 6.90. The van der Waals surface area contributed by atoms with E-state index in [1.54, 1.807) is 31.2 Å². The van der Waals surface area contributed by atoms with Crippen LogP contribution in [0.1, 0.15) is 30.1 Å². The van der Waals surface area contributed by atoms with Gasteiger partial charge in [0.25, 0.3) is 11.8 Å². The third-order valence-electron chi connectivity index (χ3n) is 4.86. The van der Waals surface area contributed by atoms with Crippen LogP contribution in [0.2, 0.25) is 0 Å². The number of hydrogen-bond acceptors (Lipinski definition) is 4. The zero-order chi connectivity index (χ0) is 19.0. The molecule has 2 heterocycles. The molecule has 4 rings (SSSR count). The van der Waals surface area contributed by atoms with Gasteiger partial charge in [-0.1, -0.05) is 12.1 Å². The lowest BCUT2D eigenvalue weighted by molar-refractivity contribution is -0.122. The number of benzene rings is 2. The van der Waals surface area contributed by atoms with E-state index < -0.39 is 17.8 Å². The summed E-state index contributed by atoms with van der Waals surface area (Å²) in [5.41, 5.74) is 1.51. The van der Waals surface area contributed by atoms with Crippen molar-refractivity contribution in [3.8, 4) is 5.75 Å². The van der Waals surface area contributed by atoms with Crippen molar-refractivity contribution < 1.29 is 18.7 Å². The minimum absolute atomic E-state index is 0.162. The SMILES string of the molecule is C[C@@H]1Oc2c(cccc2C(=O)Nc2c(F)cccc2N2CCCC2)NC1=O. The Balaban J connectivity index is 1.67. The lowest BCUT2D eigenvalue weighted by Gasteiger charge is -2.25. The van der Waals surface area contributed by atoms with Gasteiger partial charge in [0.15, 0.2) is 11.9 Å². The van der Waals surface area contributed by atoms with E-state index in [4.69, 9.17) is 4.74 Å². The maximum Gasteiger partial charge on any atom is 0.265 e. The van der Waals surface area contributed by atoms with Crippen LogP contribution in [0.4, 0.5) is 21.5 Å². The van der Waals surface area contributed by atoms with Crippen LogP contribution in [0.3, 0.4) is 0 Å². The third-order valence-corrected chi connectivity index (χ3v) is 4.86. The molecule has 140 valence electrons. The quantitative estimate of drug-likeness (QED) is 0.870. The largest absolute Gasteiger partial charge is 0.478 e. The first-order valence-corrected chi connectivity index (χ1v) is 9.00. The lowest BCUT2D eigenvalue weighted by atomic mass is 10.1. The van der Waals surface area contributed by atoms with Crippen LogP contribution in [0.5, 0.6) is 5.75 Å². The second-order valence-corrected chi connectivity index (χ2v) is 6.71. The molecular weight excluding hydrogens is 349 g/mol. The molecule has 0 saturated carbocycles. The molecule has 0 aliphatic carbocycles. The van der Waals surface area contributed by atoms with Gasteiger partial charge in [0.2, 0.25) is 0 Å². The van der Waals surface area contributed by atoms with E-state index in [0.29, 0.717) is 17.1 Å². The summed E-state index contributed by atoms with van der Waals surface area (Å²) >= 11 is 0. The Kier molecular flexibility index (Phi) is 4.43. The molecule has 1 atom stereocenters. The van der Waals surface area contributed by atoms with Crippen molar-refractivity contribution in [2.75, 3.05) is 28.6 Å². The van der Waals surface area contributed by atoms with E-state index in [2.05, 4.69) is 15.5 Å². The molecule has 27 heavy (non-hydrogen) atoms. The van der Waals surface area contributed by atoms with Crippen molar-refractivity contribution in [3.63, 3.8) is 0 Å². The topological polar surface area (TPSA) is 70.7 Å². The van der Waals surface area contributed by atoms with Gasteiger partial charge in [0.05, 0.1) is 16.9 Å². The number of fused-ring (bicyclic) bond motifs is 1. The number of carbonyl (C=O) groups is 2. The fourth-order valence-corrected chi connectivity index (χ4v) is 3.44. The number of nitrogens with one attached hydrogen (secondary N) is 2. The molecule has 2 aromatic carbocycles. The van der Waals surface area contributed by atoms with Gasteiger partial charge in [0.1, 0.15) is 11.5 Å². The van der Waals surface area contributed by atoms with Crippen molar-refractivity contribution in [1.29, 1.82) is 0 Å². The van der Waals surface area contributed by atoms with Crippen molar-refractivity contribution >= 4 is 28.9 Å². The fraction of sp³-hybridized carbons (Fsp3) is 0.300. The molecule has 0 spiro atoms. The van der Waals surface area contributed by atoms with Crippen LogP contribution < -0.4 is 20.3 Å². The maximum absolute atomic E-state index is 14.5. The molecule has 6 nitrogen and oxygen atoms in total. The van der Waals surface area contributed by atoms with Gasteiger partial charge in [-0.3, -0.25) is 9.59 Å². The predicted molar refractivity (Wildman–Crippen MR) is 101 cm³/mol. The van der Waals surface area contributed by atoms with Gasteiger partial charge in [-0.2, -0.15) is 0 Å². The summed E-state index contributed by atoms with van der Waals surface area (Å²) in [7, 11) is 0. The predicted octanol–water partition coefficient (Wildman–Crippen LogP) is 3.40. The lowest BCUT2D eigenvalue weighted by Crippen LogP contribution is -2.35. The number of ether oxygens (including phenoxy) is 1. The molecular formula is C20H20FN3O3. The van der Waals surface area contributed by atoms with Crippen LogP contribution in [0.25, 0.3) is 0 Å². The number of nitrogens with zero attached hydrogens (tertiary/aromatic N) is 1. The molecule has 0 unspecified atom stereocenters. The van der Waals surface area contributed by atoms with E-state index in [-0.39, 0.29) is 17.2 Å². The Morgan fingerprint density at radius 1 is 1.22 bits per heavy atom. The highest BCUT2D eigenvalue weighted by atomic mass is 19.1. The first kappa shape index (κ1) is 17.3. The van der Waals surface area contributed by atoms with Crippen LogP contribution in [0, 0.1) is 5.82 Å². The van der Waals surface area contributed by atoms with Gasteiger partial charge < -0.3 is 20.3 Å². The standard InChI is InChI=1S/C20H20FN3O3/c1-12-19(25)22-15-8-4-6-13(18(15)27-12)20(26)23-17-14(21)7-5-9-16(17)24-10-2-3-11-24/h4-9,12H,2-3,10-11H2,1H3,(H,22,25)(H,23,26)/t12-/m0/s1. The smallest absolute Gasteiger partial charge is 0.265 e. The van der Waals surface area contributed by atoms with Gasteiger partial charge in [-0.05, 0) is 44.0 Å². The first-order chi connectivity index (χ1) is 13.0. The number of anilines is 3. The summed E-state index contributed by atoms with van der Waals surface area (Å²) in [5.74, 6) is -0.951. The highest BCUT2D eigenvalue weighted by Gasteiger charge is 2.28. The molecule has 2 aliphatic rings. The number of amides is 2. The van der Waals surface area contributed by atoms with Gasteiger partial charge in [-0.15, -0.1) is 0 Å². The van der Waals surface area contributed by atoms with Gasteiger partial charge >= 0.3 is 0 Å². The maximum atomic E-state index is 14.5. The van der Waals surface area contributed by atoms with E-state index in [0.717, 1.165) is 25.9 Å². The van der Waals surface area contributed by atoms with E-state index in [1.807, 2.05) is 6.07 Å². The Hall–Kier alpha value is -3.09. The van der Waals surface area contributed by atoms with Crippen molar-refractivity contribution in [3.05, 3.63) is 47.8 Å². The summed E-state index contributed by atoms with van der Waals surface area (Å²) in [6.45, 7) is 3.27. The summed E-state index contributed by atoms with van der Waals surface area (Å²) in [6.07, 6.45) is 1.38. The van der Waals surface area contributed by atoms with E-state index in [1.165, 1.54) is 6.07 Å². The molecule has 1 saturated heterocycles. The highest BCUT2D eigenvalue weighted by Crippen LogP contribution is 2.36. The van der Waals surface area contributed by atoms with Crippen LogP contribution in [-0.2, 0) is 4.79 Å². The number of halogens is 1. The zero-order valence-corrected chi connectivity index (χ0v) is 14.9. The summed E-state index contributed by atoms with van der Waals surface area (Å²) in [5, 5.41) is 5.41. The summed E-state index contributed by atoms with van der Waals surface area (Å²) in [4.78, 5) is 26.7. The van der Waals surface area contributed by atoms with Crippen molar-refractivity contribution in [1.82, 2.24) is 0 Å². The van der Waals surface area contributed by atoms with Crippen LogP contribution >= 0.6 is 0 Å². The molecule has 2 aliphatic heterocycles. The highest BCUT2D eigenvalue weighted by molar-refractivity contribution is 6.10. The Bertz CT molecular complexity index is 909. The van der Waals surface area contributed by atoms with Crippen molar-refractivity contribution in [2.45, 2.75) is 25.9 Å². The normalized spacial score (nSPS) is 18.5. The molecule has 0 bridgehead atoms. The average Bonchev–Trinajstić information content (AvgIpc) is 3.18. The minimum atomic E-state index is -0.708. The zero-order valence-electron chi connectivity index (χ0n) is 14.9. The Morgan fingerprint density at radius 2 is 1.96 bits per heavy atom. The second-order valence-electron chi connectivity index (χ2n) is 6.71. The van der Waals surface area contributed by atoms with Crippen LogP contribution in [-0.4, -0.2) is 31.0 Å². The van der Waals surface area contributed by atoms with E-state index >= 15 is 0 Å². The number of carbonyl (C=O) groups excluding carboxylic acids is 2. The first-order valence-electron chi connectivity index (χ1n) is 9.00. The molecule has 2 aromatic rings. The monoisotopic (exact) mass is 369 g/mol. The molecule has 0 aromatic heterocycles. The number of rotatable bonds is 3. The minimum Gasteiger partial charge on any atom is -0.478 e. The van der Waals surface area contributed by atoms with Gasteiger partial charge in [-0.25, -0.2) is 4.39 Å². The number of hydrogen-bond donors (Lipinski definition) is 2. The Morgan fingerprint density at radius 3 is 2.74 bits per heavy atom. The Labute approximate surface area is 156 Å². The summed E-state index contributed by atoms with van der Waals surface area (Å²) in [6, 6.07) is 9.68. The summed E-state index contributed by atoms with van der Waals surface area (Å²) < 4.78 is 20.1. The van der Waals surface area contributed by atoms with Gasteiger partial charge in [0, 0.05) is 13.1 Å². The fourth-order valence-electron chi connectivity index (χ4n) is 3.44. The number of para-hydroxylation sites is 2. The molecule has 1 fully saturated rings. The van der Waals surface area contributed by atoms with E-state index in [9.17, 15) is 14.0 Å². The third kappa shape index (κ3) is 3.20.